The van der Waals surface area contributed by atoms with E-state index in [4.69, 9.17) is 0 Å². The minimum atomic E-state index is -0.0961. The Labute approximate surface area is 150 Å². The summed E-state index contributed by atoms with van der Waals surface area (Å²) in [6.07, 6.45) is 8.31. The highest BCUT2D eigenvalue weighted by molar-refractivity contribution is 6.04. The summed E-state index contributed by atoms with van der Waals surface area (Å²) in [6.45, 7) is 1.19. The van der Waals surface area contributed by atoms with Crippen LogP contribution in [-0.2, 0) is 4.79 Å². The highest BCUT2D eigenvalue weighted by atomic mass is 16.2. The molecule has 0 unspecified atom stereocenters. The average molecular weight is 343 g/mol. The second kappa shape index (κ2) is 8.48. The normalized spacial score (nSPS) is 18.0. The van der Waals surface area contributed by atoms with Crippen LogP contribution in [0.5, 0.6) is 0 Å². The maximum atomic E-state index is 12.9. The lowest BCUT2D eigenvalue weighted by Gasteiger charge is -2.31. The Morgan fingerprint density at radius 2 is 1.80 bits per heavy atom. The van der Waals surface area contributed by atoms with Crippen LogP contribution in [0.4, 0.5) is 5.69 Å². The summed E-state index contributed by atoms with van der Waals surface area (Å²) in [5, 5.41) is 6.08. The molecule has 0 aliphatic heterocycles. The molecule has 2 N–H and O–H groups in total. The molecule has 136 valence electrons. The molecule has 2 aliphatic rings. The van der Waals surface area contributed by atoms with Crippen molar-refractivity contribution in [2.24, 2.45) is 5.92 Å². The van der Waals surface area contributed by atoms with Crippen molar-refractivity contribution in [1.29, 1.82) is 0 Å². The topological polar surface area (TPSA) is 61.4 Å². The van der Waals surface area contributed by atoms with Gasteiger partial charge in [0.05, 0.1) is 17.8 Å². The van der Waals surface area contributed by atoms with Crippen molar-refractivity contribution >= 4 is 17.5 Å². The van der Waals surface area contributed by atoms with Gasteiger partial charge in [0, 0.05) is 13.1 Å². The molecule has 1 aromatic carbocycles. The SMILES string of the molecule is CN(C(=O)c1ccccc1NC(=O)CNCC1CC1)C1CCCCC1. The molecular weight excluding hydrogens is 314 g/mol. The predicted octanol–water partition coefficient (Wildman–Crippen LogP) is 3.03. The minimum absolute atomic E-state index is 0.00580. The molecule has 0 bridgehead atoms. The smallest absolute Gasteiger partial charge is 0.255 e. The first-order chi connectivity index (χ1) is 12.1. The van der Waals surface area contributed by atoms with Crippen molar-refractivity contribution in [1.82, 2.24) is 10.2 Å². The van der Waals surface area contributed by atoms with Crippen molar-refractivity contribution in [2.45, 2.75) is 51.0 Å². The van der Waals surface area contributed by atoms with Gasteiger partial charge in [0.2, 0.25) is 5.91 Å². The number of hydrogen-bond donors (Lipinski definition) is 2. The zero-order valence-electron chi connectivity index (χ0n) is 15.1. The van der Waals surface area contributed by atoms with E-state index in [2.05, 4.69) is 10.6 Å². The fraction of sp³-hybridized carbons (Fsp3) is 0.600. The second-order valence-electron chi connectivity index (χ2n) is 7.38. The van der Waals surface area contributed by atoms with Gasteiger partial charge in [-0.3, -0.25) is 9.59 Å². The lowest BCUT2D eigenvalue weighted by Crippen LogP contribution is -2.38. The molecule has 2 aliphatic carbocycles. The molecular formula is C20H29N3O2. The number of hydrogen-bond acceptors (Lipinski definition) is 3. The van der Waals surface area contributed by atoms with Crippen molar-refractivity contribution in [2.75, 3.05) is 25.5 Å². The van der Waals surface area contributed by atoms with E-state index in [1.807, 2.05) is 24.1 Å². The van der Waals surface area contributed by atoms with Crippen LogP contribution in [-0.4, -0.2) is 42.9 Å². The van der Waals surface area contributed by atoms with E-state index in [1.165, 1.54) is 32.1 Å². The van der Waals surface area contributed by atoms with Crippen LogP contribution in [0.25, 0.3) is 0 Å². The van der Waals surface area contributed by atoms with Gasteiger partial charge >= 0.3 is 0 Å². The molecule has 2 saturated carbocycles. The van der Waals surface area contributed by atoms with Gasteiger partial charge in [0.15, 0.2) is 0 Å². The summed E-state index contributed by atoms with van der Waals surface area (Å²) in [4.78, 5) is 26.9. The van der Waals surface area contributed by atoms with E-state index in [1.54, 1.807) is 12.1 Å². The zero-order chi connectivity index (χ0) is 17.6. The first-order valence-corrected chi connectivity index (χ1v) is 9.52. The number of benzene rings is 1. The molecule has 0 spiro atoms. The van der Waals surface area contributed by atoms with Crippen LogP contribution >= 0.6 is 0 Å². The lowest BCUT2D eigenvalue weighted by atomic mass is 9.94. The number of carbonyl (C=O) groups excluding carboxylic acids is 2. The predicted molar refractivity (Wildman–Crippen MR) is 99.6 cm³/mol. The van der Waals surface area contributed by atoms with Crippen molar-refractivity contribution in [3.8, 4) is 0 Å². The second-order valence-corrected chi connectivity index (χ2v) is 7.38. The first-order valence-electron chi connectivity index (χ1n) is 9.52. The number of nitrogens with one attached hydrogen (secondary N) is 2. The van der Waals surface area contributed by atoms with Crippen LogP contribution in [0, 0.1) is 5.92 Å². The molecule has 0 heterocycles. The van der Waals surface area contributed by atoms with E-state index in [9.17, 15) is 9.59 Å². The Morgan fingerprint density at radius 1 is 1.08 bits per heavy atom. The highest BCUT2D eigenvalue weighted by Gasteiger charge is 2.25. The molecule has 3 rings (SSSR count). The van der Waals surface area contributed by atoms with Crippen LogP contribution < -0.4 is 10.6 Å². The molecule has 2 amide bonds. The number of para-hydroxylation sites is 1. The molecule has 0 atom stereocenters. The number of carbonyl (C=O) groups is 2. The van der Waals surface area contributed by atoms with Crippen LogP contribution in [0.15, 0.2) is 24.3 Å². The van der Waals surface area contributed by atoms with Gasteiger partial charge in [-0.05, 0) is 50.3 Å². The standard InChI is InChI=1S/C20H29N3O2/c1-23(16-7-3-2-4-8-16)20(25)17-9-5-6-10-18(17)22-19(24)14-21-13-15-11-12-15/h5-6,9-10,15-16,21H,2-4,7-8,11-14H2,1H3,(H,22,24). The van der Waals surface area contributed by atoms with E-state index in [0.29, 0.717) is 17.3 Å². The summed E-state index contributed by atoms with van der Waals surface area (Å²) < 4.78 is 0. The van der Waals surface area contributed by atoms with E-state index >= 15 is 0 Å². The molecule has 2 fully saturated rings. The Kier molecular flexibility index (Phi) is 6.08. The Bertz CT molecular complexity index is 607. The maximum absolute atomic E-state index is 12.9. The minimum Gasteiger partial charge on any atom is -0.339 e. The Balaban J connectivity index is 1.60. The van der Waals surface area contributed by atoms with Crippen molar-refractivity contribution < 1.29 is 9.59 Å². The zero-order valence-corrected chi connectivity index (χ0v) is 15.1. The largest absolute Gasteiger partial charge is 0.339 e. The van der Waals surface area contributed by atoms with Crippen LogP contribution in [0.1, 0.15) is 55.3 Å². The number of nitrogens with zero attached hydrogens (tertiary/aromatic N) is 1. The summed E-state index contributed by atoms with van der Waals surface area (Å²) in [6, 6.07) is 7.62. The summed E-state index contributed by atoms with van der Waals surface area (Å²) in [7, 11) is 1.88. The van der Waals surface area contributed by atoms with Gasteiger partial charge in [-0.1, -0.05) is 31.4 Å². The van der Waals surface area contributed by atoms with Gasteiger partial charge in [0.1, 0.15) is 0 Å². The van der Waals surface area contributed by atoms with Gasteiger partial charge in [0.25, 0.3) is 5.91 Å². The Morgan fingerprint density at radius 3 is 2.52 bits per heavy atom. The molecule has 0 radical (unpaired) electrons. The third-order valence-corrected chi connectivity index (χ3v) is 5.29. The summed E-state index contributed by atoms with van der Waals surface area (Å²) in [5.41, 5.74) is 1.18. The maximum Gasteiger partial charge on any atom is 0.255 e. The lowest BCUT2D eigenvalue weighted by molar-refractivity contribution is -0.115. The average Bonchev–Trinajstić information content (AvgIpc) is 3.46. The number of amides is 2. The van der Waals surface area contributed by atoms with Crippen LogP contribution in [0.2, 0.25) is 0 Å². The molecule has 5 heteroatoms. The van der Waals surface area contributed by atoms with Crippen molar-refractivity contribution in [3.05, 3.63) is 29.8 Å². The molecule has 1 aromatic rings. The monoisotopic (exact) mass is 343 g/mol. The third kappa shape index (κ3) is 5.05. The van der Waals surface area contributed by atoms with Gasteiger partial charge in [-0.2, -0.15) is 0 Å². The van der Waals surface area contributed by atoms with Gasteiger partial charge in [-0.15, -0.1) is 0 Å². The third-order valence-electron chi connectivity index (χ3n) is 5.29. The van der Waals surface area contributed by atoms with E-state index < -0.39 is 0 Å². The summed E-state index contributed by atoms with van der Waals surface area (Å²) >= 11 is 0. The van der Waals surface area contributed by atoms with Gasteiger partial charge in [-0.25, -0.2) is 0 Å². The van der Waals surface area contributed by atoms with Crippen LogP contribution in [0.3, 0.4) is 0 Å². The first kappa shape index (κ1) is 17.9. The fourth-order valence-corrected chi connectivity index (χ4v) is 3.51. The molecule has 0 saturated heterocycles. The summed E-state index contributed by atoms with van der Waals surface area (Å²) in [5.74, 6) is 0.640. The van der Waals surface area contributed by atoms with Crippen molar-refractivity contribution in [3.63, 3.8) is 0 Å². The molecule has 5 nitrogen and oxygen atoms in total. The quantitative estimate of drug-likeness (QED) is 0.800. The molecule has 0 aromatic heterocycles. The Hall–Kier alpha value is -1.88. The number of rotatable bonds is 7. The highest BCUT2D eigenvalue weighted by Crippen LogP contribution is 2.27. The molecule has 25 heavy (non-hydrogen) atoms. The van der Waals surface area contributed by atoms with Gasteiger partial charge < -0.3 is 15.5 Å². The van der Waals surface area contributed by atoms with E-state index in [0.717, 1.165) is 25.3 Å². The number of anilines is 1. The fourth-order valence-electron chi connectivity index (χ4n) is 3.51. The van der Waals surface area contributed by atoms with E-state index in [-0.39, 0.29) is 18.4 Å².